The van der Waals surface area contributed by atoms with Gasteiger partial charge in [0, 0.05) is 17.2 Å². The van der Waals surface area contributed by atoms with Crippen molar-refractivity contribution in [1.29, 1.82) is 0 Å². The maximum Gasteiger partial charge on any atom is 0.248 e. The number of nitrogens with zero attached hydrogens (tertiary/aromatic N) is 1. The summed E-state index contributed by atoms with van der Waals surface area (Å²) in [5.74, 6) is -0.258. The Kier molecular flexibility index (Phi) is 5.58. The normalized spacial score (nSPS) is 11.5. The number of nitrogens with one attached hydrogen (secondary N) is 1. The summed E-state index contributed by atoms with van der Waals surface area (Å²) in [6, 6.07) is 26.1. The quantitative estimate of drug-likeness (QED) is 0.309. The molecule has 4 nitrogen and oxygen atoms in total. The first kappa shape index (κ1) is 17.2. The lowest BCUT2D eigenvalue weighted by Crippen LogP contribution is -2.13. The van der Waals surface area contributed by atoms with Crippen LogP contribution < -0.4 is 5.32 Å². The lowest BCUT2D eigenvalue weighted by molar-refractivity contribution is -0.111. The Morgan fingerprint density at radius 2 is 1.46 bits per heavy atom. The lowest BCUT2D eigenvalue weighted by atomic mass is 10.0. The molecule has 128 valence electrons. The van der Waals surface area contributed by atoms with Crippen LogP contribution in [-0.2, 0) is 4.79 Å². The van der Waals surface area contributed by atoms with E-state index < -0.39 is 0 Å². The van der Waals surface area contributed by atoms with Gasteiger partial charge in [-0.05, 0) is 17.7 Å². The fraction of sp³-hybridized carbons (Fsp3) is 0. The molecule has 0 radical (unpaired) electrons. The molecule has 26 heavy (non-hydrogen) atoms. The number of rotatable bonds is 5. The third-order valence-corrected chi connectivity index (χ3v) is 3.81. The molecule has 3 aromatic rings. The largest absolute Gasteiger partial charge is 0.410 e. The van der Waals surface area contributed by atoms with E-state index in [0.29, 0.717) is 17.0 Å². The van der Waals surface area contributed by atoms with E-state index in [9.17, 15) is 10.0 Å². The minimum Gasteiger partial charge on any atom is -0.410 e. The van der Waals surface area contributed by atoms with Gasteiger partial charge in [0.05, 0.1) is 5.69 Å². The molecule has 0 unspecified atom stereocenters. The van der Waals surface area contributed by atoms with E-state index in [1.807, 2.05) is 72.8 Å². The summed E-state index contributed by atoms with van der Waals surface area (Å²) in [6.45, 7) is 0. The van der Waals surface area contributed by atoms with Crippen LogP contribution in [0.2, 0.25) is 0 Å². The lowest BCUT2D eigenvalue weighted by Gasteiger charge is -2.11. The van der Waals surface area contributed by atoms with Gasteiger partial charge in [-0.2, -0.15) is 0 Å². The van der Waals surface area contributed by atoms with E-state index in [1.54, 1.807) is 18.2 Å². The highest BCUT2D eigenvalue weighted by Gasteiger charge is 2.13. The molecule has 0 spiro atoms. The summed E-state index contributed by atoms with van der Waals surface area (Å²) in [5, 5.41) is 15.8. The van der Waals surface area contributed by atoms with Crippen molar-refractivity contribution >= 4 is 23.4 Å². The number of para-hydroxylation sites is 1. The van der Waals surface area contributed by atoms with Crippen LogP contribution in [0, 0.1) is 0 Å². The fourth-order valence-corrected chi connectivity index (χ4v) is 2.57. The molecule has 0 aliphatic carbocycles. The minimum absolute atomic E-state index is 0.258. The summed E-state index contributed by atoms with van der Waals surface area (Å²) in [6.07, 6.45) is 3.22. The van der Waals surface area contributed by atoms with Crippen LogP contribution in [0.3, 0.4) is 0 Å². The van der Waals surface area contributed by atoms with Gasteiger partial charge < -0.3 is 10.5 Å². The highest BCUT2D eigenvalue weighted by Crippen LogP contribution is 2.20. The third kappa shape index (κ3) is 4.24. The van der Waals surface area contributed by atoms with Gasteiger partial charge in [-0.15, -0.1) is 0 Å². The van der Waals surface area contributed by atoms with Gasteiger partial charge in [0.15, 0.2) is 0 Å². The van der Waals surface area contributed by atoms with Gasteiger partial charge in [-0.3, -0.25) is 4.79 Å². The second kappa shape index (κ2) is 8.44. The Morgan fingerprint density at radius 1 is 0.846 bits per heavy atom. The first-order valence-electron chi connectivity index (χ1n) is 8.19. The van der Waals surface area contributed by atoms with E-state index in [-0.39, 0.29) is 5.91 Å². The average molecular weight is 342 g/mol. The Morgan fingerprint density at radius 3 is 2.15 bits per heavy atom. The van der Waals surface area contributed by atoms with Crippen LogP contribution in [0.15, 0.2) is 96.2 Å². The summed E-state index contributed by atoms with van der Waals surface area (Å²) in [7, 11) is 0. The van der Waals surface area contributed by atoms with E-state index in [0.717, 1.165) is 11.1 Å². The van der Waals surface area contributed by atoms with Gasteiger partial charge in [-0.1, -0.05) is 84.0 Å². The average Bonchev–Trinajstić information content (AvgIpc) is 2.70. The Hall–Kier alpha value is -3.66. The van der Waals surface area contributed by atoms with Crippen molar-refractivity contribution in [3.63, 3.8) is 0 Å². The van der Waals surface area contributed by atoms with Crippen molar-refractivity contribution in [3.8, 4) is 0 Å². The first-order chi connectivity index (χ1) is 12.8. The van der Waals surface area contributed by atoms with Crippen molar-refractivity contribution in [2.75, 3.05) is 5.32 Å². The molecule has 2 N–H and O–H groups in total. The molecular weight excluding hydrogens is 324 g/mol. The van der Waals surface area contributed by atoms with Crippen LogP contribution >= 0.6 is 0 Å². The van der Waals surface area contributed by atoms with Gasteiger partial charge in [0.25, 0.3) is 0 Å². The Labute approximate surface area is 152 Å². The molecule has 1 amide bonds. The molecule has 0 bridgehead atoms. The second-order valence-electron chi connectivity index (χ2n) is 5.59. The zero-order valence-corrected chi connectivity index (χ0v) is 14.0. The molecule has 0 saturated heterocycles. The molecule has 3 rings (SSSR count). The maximum absolute atomic E-state index is 12.3. The smallest absolute Gasteiger partial charge is 0.248 e. The molecule has 0 fully saturated rings. The Balaban J connectivity index is 1.83. The summed E-state index contributed by atoms with van der Waals surface area (Å²) in [4.78, 5) is 12.3. The topological polar surface area (TPSA) is 61.7 Å². The van der Waals surface area contributed by atoms with Crippen LogP contribution in [0.5, 0.6) is 0 Å². The predicted molar refractivity (Wildman–Crippen MR) is 104 cm³/mol. The zero-order valence-electron chi connectivity index (χ0n) is 14.0. The van der Waals surface area contributed by atoms with Crippen molar-refractivity contribution < 1.29 is 10.0 Å². The summed E-state index contributed by atoms with van der Waals surface area (Å²) < 4.78 is 0. The monoisotopic (exact) mass is 342 g/mol. The van der Waals surface area contributed by atoms with Crippen LogP contribution in [0.1, 0.15) is 16.7 Å². The van der Waals surface area contributed by atoms with Crippen LogP contribution in [0.4, 0.5) is 5.69 Å². The van der Waals surface area contributed by atoms with Gasteiger partial charge in [0.2, 0.25) is 5.91 Å². The summed E-state index contributed by atoms with van der Waals surface area (Å²) >= 11 is 0. The van der Waals surface area contributed by atoms with E-state index in [1.165, 1.54) is 6.08 Å². The predicted octanol–water partition coefficient (Wildman–Crippen LogP) is 4.57. The highest BCUT2D eigenvalue weighted by atomic mass is 16.4. The molecule has 0 saturated carbocycles. The van der Waals surface area contributed by atoms with Crippen molar-refractivity contribution in [1.82, 2.24) is 0 Å². The third-order valence-electron chi connectivity index (χ3n) is 3.81. The number of hydrogen-bond acceptors (Lipinski definition) is 3. The molecule has 0 atom stereocenters. The number of carbonyl (C=O) groups is 1. The highest BCUT2D eigenvalue weighted by molar-refractivity contribution is 6.17. The van der Waals surface area contributed by atoms with Crippen LogP contribution in [0.25, 0.3) is 6.08 Å². The number of carbonyl (C=O) groups excluding carboxylic acids is 1. The fourth-order valence-electron chi connectivity index (χ4n) is 2.57. The van der Waals surface area contributed by atoms with Crippen LogP contribution in [-0.4, -0.2) is 16.8 Å². The molecule has 0 aliphatic rings. The Bertz CT molecular complexity index is 933. The number of amides is 1. The maximum atomic E-state index is 12.3. The zero-order chi connectivity index (χ0) is 18.2. The number of anilines is 1. The molecule has 0 aromatic heterocycles. The van der Waals surface area contributed by atoms with Gasteiger partial charge in [-0.25, -0.2) is 0 Å². The van der Waals surface area contributed by atoms with E-state index in [4.69, 9.17) is 0 Å². The van der Waals surface area contributed by atoms with Crippen molar-refractivity contribution in [2.45, 2.75) is 0 Å². The SMILES string of the molecule is O=C(/C=C/c1ccccc1)Nc1ccccc1/C(=N\O)c1ccccc1. The standard InChI is InChI=1S/C22H18N2O2/c25-21(16-15-17-9-3-1-4-10-17)23-20-14-8-7-13-19(20)22(24-26)18-11-5-2-6-12-18/h1-16,26H,(H,23,25)/b16-15+,24-22-. The van der Waals surface area contributed by atoms with Gasteiger partial charge in [0.1, 0.15) is 5.71 Å². The number of benzene rings is 3. The molecule has 4 heteroatoms. The number of hydrogen-bond donors (Lipinski definition) is 2. The van der Waals surface area contributed by atoms with E-state index >= 15 is 0 Å². The van der Waals surface area contributed by atoms with Gasteiger partial charge >= 0.3 is 0 Å². The minimum atomic E-state index is -0.258. The first-order valence-corrected chi connectivity index (χ1v) is 8.19. The molecule has 0 aliphatic heterocycles. The molecule has 0 heterocycles. The van der Waals surface area contributed by atoms with E-state index in [2.05, 4.69) is 10.5 Å². The summed E-state index contributed by atoms with van der Waals surface area (Å²) in [5.41, 5.74) is 3.32. The second-order valence-corrected chi connectivity index (χ2v) is 5.59. The molecule has 3 aromatic carbocycles. The molecular formula is C22H18N2O2. The van der Waals surface area contributed by atoms with Crippen molar-refractivity contribution in [2.24, 2.45) is 5.16 Å². The van der Waals surface area contributed by atoms with Crippen molar-refractivity contribution in [3.05, 3.63) is 108 Å². The number of oxime groups is 1.